The van der Waals surface area contributed by atoms with Crippen molar-refractivity contribution in [3.63, 3.8) is 0 Å². The first-order chi connectivity index (χ1) is 9.31. The van der Waals surface area contributed by atoms with Gasteiger partial charge in [-0.1, -0.05) is 0 Å². The van der Waals surface area contributed by atoms with Crippen LogP contribution in [-0.4, -0.2) is 47.8 Å². The summed E-state index contributed by atoms with van der Waals surface area (Å²) >= 11 is 0. The third-order valence-corrected chi connectivity index (χ3v) is 4.35. The minimum absolute atomic E-state index is 0.169. The maximum absolute atomic E-state index is 12.3. The van der Waals surface area contributed by atoms with Gasteiger partial charge in [-0.15, -0.1) is 0 Å². The quantitative estimate of drug-likeness (QED) is 0.770. The van der Waals surface area contributed by atoms with Gasteiger partial charge in [0, 0.05) is 32.2 Å². The Morgan fingerprint density at radius 1 is 1.21 bits per heavy atom. The van der Waals surface area contributed by atoms with Crippen LogP contribution in [0.15, 0.2) is 0 Å². The highest BCUT2D eigenvalue weighted by Crippen LogP contribution is 2.26. The first kappa shape index (κ1) is 14.8. The third kappa shape index (κ3) is 4.46. The normalized spacial score (nSPS) is 23.9. The first-order valence-corrected chi connectivity index (χ1v) is 7.83. The number of aliphatic hydroxyl groups is 1. The Hall–Kier alpha value is -0.610. The van der Waals surface area contributed by atoms with Crippen molar-refractivity contribution in [2.24, 2.45) is 0 Å². The zero-order valence-electron chi connectivity index (χ0n) is 11.9. The van der Waals surface area contributed by atoms with Crippen molar-refractivity contribution >= 4 is 5.91 Å². The lowest BCUT2D eigenvalue weighted by Gasteiger charge is -2.38. The van der Waals surface area contributed by atoms with Gasteiger partial charge >= 0.3 is 0 Å². The molecule has 2 aliphatic rings. The molecule has 110 valence electrons. The second-order valence-corrected chi connectivity index (χ2v) is 5.78. The number of carbonyl (C=O) groups excluding carboxylic acids is 1. The summed E-state index contributed by atoms with van der Waals surface area (Å²) < 4.78 is 5.68. The van der Waals surface area contributed by atoms with Gasteiger partial charge in [0.25, 0.3) is 0 Å². The van der Waals surface area contributed by atoms with Crippen LogP contribution in [0.25, 0.3) is 0 Å². The van der Waals surface area contributed by atoms with Crippen molar-refractivity contribution in [2.75, 3.05) is 19.8 Å². The summed E-state index contributed by atoms with van der Waals surface area (Å²) in [6.07, 6.45) is 9.46. The van der Waals surface area contributed by atoms with Crippen LogP contribution in [0, 0.1) is 0 Å². The Bertz CT molecular complexity index is 273. The summed E-state index contributed by atoms with van der Waals surface area (Å²) in [4.78, 5) is 14.3. The van der Waals surface area contributed by atoms with Crippen molar-refractivity contribution in [3.8, 4) is 0 Å². The number of ether oxygens (including phenoxy) is 1. The van der Waals surface area contributed by atoms with E-state index in [0.29, 0.717) is 31.5 Å². The maximum Gasteiger partial charge on any atom is 0.222 e. The zero-order chi connectivity index (χ0) is 13.5. The fraction of sp³-hybridized carbons (Fsp3) is 0.933. The molecule has 1 heterocycles. The van der Waals surface area contributed by atoms with E-state index in [1.165, 1.54) is 12.8 Å². The summed E-state index contributed by atoms with van der Waals surface area (Å²) in [6, 6.07) is 0.436. The van der Waals surface area contributed by atoms with Crippen molar-refractivity contribution in [1.82, 2.24) is 4.90 Å². The number of nitrogens with zero attached hydrogens (tertiary/aromatic N) is 1. The molecule has 1 atom stereocenters. The van der Waals surface area contributed by atoms with E-state index in [2.05, 4.69) is 0 Å². The molecule has 0 aromatic carbocycles. The standard InChI is InChI=1S/C15H27NO3/c17-11-4-10-16(13-5-3-6-13)15(18)9-8-14-7-1-2-12-19-14/h13-14,17H,1-12H2. The van der Waals surface area contributed by atoms with Gasteiger partial charge in [0.05, 0.1) is 6.10 Å². The summed E-state index contributed by atoms with van der Waals surface area (Å²) in [5.74, 6) is 0.257. The van der Waals surface area contributed by atoms with Gasteiger partial charge in [0.15, 0.2) is 0 Å². The van der Waals surface area contributed by atoms with E-state index >= 15 is 0 Å². The van der Waals surface area contributed by atoms with E-state index in [4.69, 9.17) is 9.84 Å². The van der Waals surface area contributed by atoms with E-state index in [1.807, 2.05) is 4.90 Å². The molecule has 1 saturated heterocycles. The van der Waals surface area contributed by atoms with Crippen molar-refractivity contribution in [2.45, 2.75) is 69.9 Å². The molecule has 19 heavy (non-hydrogen) atoms. The Morgan fingerprint density at radius 2 is 2.05 bits per heavy atom. The molecule has 2 rings (SSSR count). The van der Waals surface area contributed by atoms with Crippen LogP contribution in [0.3, 0.4) is 0 Å². The van der Waals surface area contributed by atoms with Crippen LogP contribution < -0.4 is 0 Å². The Morgan fingerprint density at radius 3 is 2.63 bits per heavy atom. The average molecular weight is 269 g/mol. The molecule has 4 nitrogen and oxygen atoms in total. The van der Waals surface area contributed by atoms with Crippen LogP contribution in [-0.2, 0) is 9.53 Å². The highest BCUT2D eigenvalue weighted by atomic mass is 16.5. The smallest absolute Gasteiger partial charge is 0.222 e. The van der Waals surface area contributed by atoms with Crippen molar-refractivity contribution < 1.29 is 14.6 Å². The van der Waals surface area contributed by atoms with Gasteiger partial charge < -0.3 is 14.7 Å². The van der Waals surface area contributed by atoms with Gasteiger partial charge in [-0.3, -0.25) is 4.79 Å². The topological polar surface area (TPSA) is 49.8 Å². The highest BCUT2D eigenvalue weighted by Gasteiger charge is 2.28. The van der Waals surface area contributed by atoms with Gasteiger partial charge in [0.2, 0.25) is 5.91 Å². The molecule has 1 N–H and O–H groups in total. The molecule has 1 aliphatic carbocycles. The molecule has 4 heteroatoms. The molecule has 1 amide bonds. The Kier molecular flexibility index (Phi) is 6.11. The van der Waals surface area contributed by atoms with Crippen LogP contribution in [0.1, 0.15) is 57.8 Å². The van der Waals surface area contributed by atoms with Crippen LogP contribution >= 0.6 is 0 Å². The van der Waals surface area contributed by atoms with Crippen LogP contribution in [0.5, 0.6) is 0 Å². The number of hydrogen-bond acceptors (Lipinski definition) is 3. The van der Waals surface area contributed by atoms with Gasteiger partial charge in [-0.2, -0.15) is 0 Å². The molecule has 0 radical (unpaired) electrons. The van der Waals surface area contributed by atoms with E-state index in [0.717, 1.165) is 38.7 Å². The van der Waals surface area contributed by atoms with E-state index in [-0.39, 0.29) is 12.5 Å². The highest BCUT2D eigenvalue weighted by molar-refractivity contribution is 5.76. The molecule has 0 spiro atoms. The minimum atomic E-state index is 0.169. The third-order valence-electron chi connectivity index (χ3n) is 4.35. The second kappa shape index (κ2) is 7.85. The number of rotatable bonds is 7. The second-order valence-electron chi connectivity index (χ2n) is 5.78. The predicted molar refractivity (Wildman–Crippen MR) is 73.9 cm³/mol. The minimum Gasteiger partial charge on any atom is -0.396 e. The average Bonchev–Trinajstić information content (AvgIpc) is 2.39. The summed E-state index contributed by atoms with van der Waals surface area (Å²) in [6.45, 7) is 1.74. The number of amides is 1. The lowest BCUT2D eigenvalue weighted by molar-refractivity contribution is -0.136. The molecule has 1 aliphatic heterocycles. The number of aliphatic hydroxyl groups excluding tert-OH is 1. The Balaban J connectivity index is 1.73. The largest absolute Gasteiger partial charge is 0.396 e. The molecule has 0 aromatic rings. The maximum atomic E-state index is 12.3. The summed E-state index contributed by atoms with van der Waals surface area (Å²) in [7, 11) is 0. The SMILES string of the molecule is O=C(CCC1CCCCO1)N(CCCO)C1CCC1. The Labute approximate surface area is 116 Å². The fourth-order valence-electron chi connectivity index (χ4n) is 2.91. The monoisotopic (exact) mass is 269 g/mol. The molecule has 0 bridgehead atoms. The van der Waals surface area contributed by atoms with Crippen molar-refractivity contribution in [3.05, 3.63) is 0 Å². The predicted octanol–water partition coefficient (Wildman–Crippen LogP) is 2.10. The van der Waals surface area contributed by atoms with Gasteiger partial charge in [-0.25, -0.2) is 0 Å². The molecule has 0 aromatic heterocycles. The van der Waals surface area contributed by atoms with Crippen LogP contribution in [0.4, 0.5) is 0 Å². The molecular formula is C15H27NO3. The molecular weight excluding hydrogens is 242 g/mol. The van der Waals surface area contributed by atoms with E-state index in [1.54, 1.807) is 0 Å². The molecule has 1 saturated carbocycles. The fourth-order valence-corrected chi connectivity index (χ4v) is 2.91. The summed E-state index contributed by atoms with van der Waals surface area (Å²) in [5.41, 5.74) is 0. The molecule has 1 unspecified atom stereocenters. The summed E-state index contributed by atoms with van der Waals surface area (Å²) in [5, 5.41) is 8.95. The lowest BCUT2D eigenvalue weighted by atomic mass is 9.91. The van der Waals surface area contributed by atoms with Gasteiger partial charge in [-0.05, 0) is 51.4 Å². The number of hydrogen-bond donors (Lipinski definition) is 1. The first-order valence-electron chi connectivity index (χ1n) is 7.83. The van der Waals surface area contributed by atoms with Crippen LogP contribution in [0.2, 0.25) is 0 Å². The van der Waals surface area contributed by atoms with Crippen molar-refractivity contribution in [1.29, 1.82) is 0 Å². The lowest BCUT2D eigenvalue weighted by Crippen LogP contribution is -2.45. The number of carbonyl (C=O) groups is 1. The van der Waals surface area contributed by atoms with E-state index in [9.17, 15) is 4.79 Å². The molecule has 2 fully saturated rings. The van der Waals surface area contributed by atoms with E-state index < -0.39 is 0 Å². The zero-order valence-corrected chi connectivity index (χ0v) is 11.9. The van der Waals surface area contributed by atoms with Gasteiger partial charge in [0.1, 0.15) is 0 Å².